The monoisotopic (exact) mass is 322 g/mol. The van der Waals surface area contributed by atoms with E-state index in [1.165, 1.54) is 0 Å². The number of nitrogens with one attached hydrogen (secondary N) is 2. The third-order valence-corrected chi connectivity index (χ3v) is 4.29. The minimum absolute atomic E-state index is 0.0887. The maximum Gasteiger partial charge on any atom is 0.255 e. The van der Waals surface area contributed by atoms with Crippen molar-refractivity contribution in [3.05, 3.63) is 64.2 Å². The number of anilines is 1. The summed E-state index contributed by atoms with van der Waals surface area (Å²) in [6.45, 7) is 1.83. The van der Waals surface area contributed by atoms with Crippen LogP contribution in [0.2, 0.25) is 0 Å². The first-order chi connectivity index (χ1) is 11.5. The first kappa shape index (κ1) is 15.9. The second-order valence-corrected chi connectivity index (χ2v) is 5.82. The zero-order valence-corrected chi connectivity index (χ0v) is 13.6. The van der Waals surface area contributed by atoms with E-state index in [1.807, 2.05) is 6.92 Å². The molecule has 1 aliphatic carbocycles. The molecule has 0 aromatic heterocycles. The summed E-state index contributed by atoms with van der Waals surface area (Å²) in [5.74, 6) is -0.321. The van der Waals surface area contributed by atoms with Gasteiger partial charge in [0.05, 0.1) is 0 Å². The maximum absolute atomic E-state index is 12.6. The van der Waals surface area contributed by atoms with Crippen LogP contribution in [0.15, 0.2) is 36.4 Å². The van der Waals surface area contributed by atoms with E-state index in [4.69, 9.17) is 0 Å². The lowest BCUT2D eigenvalue weighted by atomic mass is 10.0. The van der Waals surface area contributed by atoms with Crippen molar-refractivity contribution in [1.82, 2.24) is 5.32 Å². The summed E-state index contributed by atoms with van der Waals surface area (Å²) in [5.41, 5.74) is 3.99. The van der Waals surface area contributed by atoms with Crippen molar-refractivity contribution < 1.29 is 14.4 Å². The van der Waals surface area contributed by atoms with E-state index in [1.54, 1.807) is 43.4 Å². The summed E-state index contributed by atoms with van der Waals surface area (Å²) in [7, 11) is 1.57. The highest BCUT2D eigenvalue weighted by Crippen LogP contribution is 2.26. The molecular formula is C19H18N2O3. The summed E-state index contributed by atoms with van der Waals surface area (Å²) in [5, 5.41) is 5.44. The Balaban J connectivity index is 1.86. The lowest BCUT2D eigenvalue weighted by Crippen LogP contribution is -2.19. The Morgan fingerprint density at radius 3 is 2.54 bits per heavy atom. The zero-order valence-electron chi connectivity index (χ0n) is 13.6. The molecule has 0 fully saturated rings. The Labute approximate surface area is 140 Å². The van der Waals surface area contributed by atoms with Gasteiger partial charge in [0.1, 0.15) is 0 Å². The number of ketones is 1. The van der Waals surface area contributed by atoms with E-state index >= 15 is 0 Å². The third-order valence-electron chi connectivity index (χ3n) is 4.29. The lowest BCUT2D eigenvalue weighted by Gasteiger charge is -2.12. The number of rotatable bonds is 3. The molecule has 3 rings (SSSR count). The van der Waals surface area contributed by atoms with Crippen LogP contribution in [0.1, 0.15) is 48.6 Å². The van der Waals surface area contributed by atoms with E-state index in [0.717, 1.165) is 11.1 Å². The molecular weight excluding hydrogens is 304 g/mol. The number of carbonyl (C=O) groups excluding carboxylic acids is 3. The summed E-state index contributed by atoms with van der Waals surface area (Å²) >= 11 is 0. The van der Waals surface area contributed by atoms with Gasteiger partial charge in [-0.1, -0.05) is 12.1 Å². The number of carbonyl (C=O) groups is 3. The van der Waals surface area contributed by atoms with Gasteiger partial charge in [-0.05, 0) is 48.7 Å². The van der Waals surface area contributed by atoms with Crippen molar-refractivity contribution in [3.63, 3.8) is 0 Å². The SMILES string of the molecule is CNC(=O)c1ccc(NC(=O)c2cccc3c2CCC3=O)c(C)c1. The van der Waals surface area contributed by atoms with E-state index < -0.39 is 0 Å². The van der Waals surface area contributed by atoms with E-state index in [-0.39, 0.29) is 17.6 Å². The first-order valence-electron chi connectivity index (χ1n) is 7.80. The van der Waals surface area contributed by atoms with Gasteiger partial charge in [0.2, 0.25) is 0 Å². The van der Waals surface area contributed by atoms with Gasteiger partial charge < -0.3 is 10.6 Å². The molecule has 0 bridgehead atoms. The number of amides is 2. The molecule has 24 heavy (non-hydrogen) atoms. The van der Waals surface area contributed by atoms with Crippen LogP contribution in [0.3, 0.4) is 0 Å². The van der Waals surface area contributed by atoms with Gasteiger partial charge >= 0.3 is 0 Å². The van der Waals surface area contributed by atoms with Crippen LogP contribution in [0.5, 0.6) is 0 Å². The predicted molar refractivity (Wildman–Crippen MR) is 91.6 cm³/mol. The minimum Gasteiger partial charge on any atom is -0.355 e. The standard InChI is InChI=1S/C19H18N2O3/c1-11-10-12(18(23)20-2)6-8-16(11)21-19(24)15-5-3-4-14-13(15)7-9-17(14)22/h3-6,8,10H,7,9H2,1-2H3,(H,20,23)(H,21,24). The molecule has 0 spiro atoms. The molecule has 5 heteroatoms. The Kier molecular flexibility index (Phi) is 4.16. The molecule has 2 N–H and O–H groups in total. The molecule has 0 radical (unpaired) electrons. The second kappa shape index (κ2) is 6.28. The lowest BCUT2D eigenvalue weighted by molar-refractivity contribution is 0.0960. The van der Waals surface area contributed by atoms with E-state index in [2.05, 4.69) is 10.6 Å². The van der Waals surface area contributed by atoms with Crippen LogP contribution in [0.4, 0.5) is 5.69 Å². The van der Waals surface area contributed by atoms with Crippen LogP contribution < -0.4 is 10.6 Å². The predicted octanol–water partition coefficient (Wildman–Crippen LogP) is 2.74. The average Bonchev–Trinajstić information content (AvgIpc) is 2.97. The van der Waals surface area contributed by atoms with Gasteiger partial charge in [-0.15, -0.1) is 0 Å². The number of Topliss-reactive ketones (excluding diaryl/α,β-unsaturated/α-hetero) is 1. The van der Waals surface area contributed by atoms with Crippen LogP contribution >= 0.6 is 0 Å². The van der Waals surface area contributed by atoms with Crippen LogP contribution in [-0.4, -0.2) is 24.6 Å². The molecule has 0 heterocycles. The topological polar surface area (TPSA) is 75.3 Å². The minimum atomic E-state index is -0.239. The number of benzene rings is 2. The van der Waals surface area contributed by atoms with Crippen molar-refractivity contribution in [2.45, 2.75) is 19.8 Å². The van der Waals surface area contributed by atoms with Gasteiger partial charge in [-0.25, -0.2) is 0 Å². The molecule has 0 saturated carbocycles. The molecule has 0 atom stereocenters. The quantitative estimate of drug-likeness (QED) is 0.912. The molecule has 2 aromatic carbocycles. The Bertz CT molecular complexity index is 856. The van der Waals surface area contributed by atoms with Crippen molar-refractivity contribution in [1.29, 1.82) is 0 Å². The van der Waals surface area contributed by atoms with E-state index in [9.17, 15) is 14.4 Å². The maximum atomic E-state index is 12.6. The van der Waals surface area contributed by atoms with Gasteiger partial charge in [-0.3, -0.25) is 14.4 Å². The van der Waals surface area contributed by atoms with Crippen LogP contribution in [0, 0.1) is 6.92 Å². The number of aryl methyl sites for hydroxylation is 1. The number of hydrogen-bond acceptors (Lipinski definition) is 3. The van der Waals surface area contributed by atoms with Gasteiger partial charge in [-0.2, -0.15) is 0 Å². The highest BCUT2D eigenvalue weighted by Gasteiger charge is 2.24. The van der Waals surface area contributed by atoms with Crippen LogP contribution in [-0.2, 0) is 6.42 Å². The molecule has 0 unspecified atom stereocenters. The fraction of sp³-hybridized carbons (Fsp3) is 0.211. The number of fused-ring (bicyclic) bond motifs is 1. The summed E-state index contributed by atoms with van der Waals surface area (Å²) in [6, 6.07) is 10.4. The van der Waals surface area contributed by atoms with E-state index in [0.29, 0.717) is 35.2 Å². The highest BCUT2D eigenvalue weighted by atomic mass is 16.2. The fourth-order valence-electron chi connectivity index (χ4n) is 2.98. The van der Waals surface area contributed by atoms with Gasteiger partial charge in [0.25, 0.3) is 11.8 Å². The second-order valence-electron chi connectivity index (χ2n) is 5.82. The summed E-state index contributed by atoms with van der Waals surface area (Å²) < 4.78 is 0. The number of hydrogen-bond donors (Lipinski definition) is 2. The van der Waals surface area contributed by atoms with Crippen LogP contribution in [0.25, 0.3) is 0 Å². The van der Waals surface area contributed by atoms with Crippen molar-refractivity contribution in [2.75, 3.05) is 12.4 Å². The molecule has 2 aromatic rings. The Morgan fingerprint density at radius 2 is 1.83 bits per heavy atom. The normalized spacial score (nSPS) is 12.7. The Morgan fingerprint density at radius 1 is 1.04 bits per heavy atom. The molecule has 0 aliphatic heterocycles. The summed E-state index contributed by atoms with van der Waals surface area (Å²) in [6.07, 6.45) is 1.06. The molecule has 0 saturated heterocycles. The van der Waals surface area contributed by atoms with Gasteiger partial charge in [0, 0.05) is 35.8 Å². The molecule has 5 nitrogen and oxygen atoms in total. The molecule has 122 valence electrons. The van der Waals surface area contributed by atoms with Crippen molar-refractivity contribution >= 4 is 23.3 Å². The largest absolute Gasteiger partial charge is 0.355 e. The Hall–Kier alpha value is -2.95. The smallest absolute Gasteiger partial charge is 0.255 e. The molecule has 1 aliphatic rings. The first-order valence-corrected chi connectivity index (χ1v) is 7.80. The highest BCUT2D eigenvalue weighted by molar-refractivity contribution is 6.10. The van der Waals surface area contributed by atoms with Gasteiger partial charge in [0.15, 0.2) is 5.78 Å². The molecule has 2 amide bonds. The third kappa shape index (κ3) is 2.80. The van der Waals surface area contributed by atoms with Crippen molar-refractivity contribution in [2.24, 2.45) is 0 Å². The average molecular weight is 322 g/mol. The van der Waals surface area contributed by atoms with Crippen molar-refractivity contribution in [3.8, 4) is 0 Å². The summed E-state index contributed by atoms with van der Waals surface area (Å²) in [4.78, 5) is 36.1. The fourth-order valence-corrected chi connectivity index (χ4v) is 2.98. The zero-order chi connectivity index (χ0) is 17.3.